The molecule has 206 valence electrons. The van der Waals surface area contributed by atoms with Gasteiger partial charge in [0.1, 0.15) is 6.04 Å². The molecule has 36 heavy (non-hydrogen) atoms. The highest BCUT2D eigenvalue weighted by atomic mass is 32.2. The first kappa shape index (κ1) is 33.9. The molecular weight excluding hydrogens is 468 g/mol. The number of aliphatic carboxylic acids is 1. The molecule has 0 fully saturated rings. The maximum Gasteiger partial charge on any atom is 0.327 e. The van der Waals surface area contributed by atoms with Gasteiger partial charge in [-0.15, -0.1) is 0 Å². The number of ether oxygens (including phenoxy) is 1. The van der Waals surface area contributed by atoms with E-state index in [0.29, 0.717) is 18.9 Å². The molecule has 0 aromatic rings. The van der Waals surface area contributed by atoms with Crippen molar-refractivity contribution in [1.29, 1.82) is 0 Å². The van der Waals surface area contributed by atoms with Crippen LogP contribution in [0.1, 0.15) is 93.4 Å². The SMILES string of the molecule is CC/C=C(/CCN/C(=C\CC)NC(CSC/C=C(\C)CC/C=C(\C)CCC=C(C)C)C(=O)O)OCC. The van der Waals surface area contributed by atoms with E-state index in [0.717, 1.165) is 62.3 Å². The van der Waals surface area contributed by atoms with Crippen LogP contribution in [0.2, 0.25) is 0 Å². The molecule has 0 aliphatic heterocycles. The van der Waals surface area contributed by atoms with Gasteiger partial charge in [0.2, 0.25) is 0 Å². The van der Waals surface area contributed by atoms with Crippen molar-refractivity contribution in [2.75, 3.05) is 24.7 Å². The highest BCUT2D eigenvalue weighted by Crippen LogP contribution is 2.13. The molecule has 0 saturated heterocycles. The van der Waals surface area contributed by atoms with Crippen LogP contribution in [0.5, 0.6) is 0 Å². The molecule has 0 radical (unpaired) electrons. The van der Waals surface area contributed by atoms with Gasteiger partial charge in [-0.05, 0) is 85.3 Å². The third-order valence-corrected chi connectivity index (χ3v) is 6.41. The summed E-state index contributed by atoms with van der Waals surface area (Å²) in [4.78, 5) is 11.9. The third-order valence-electron chi connectivity index (χ3n) is 5.44. The van der Waals surface area contributed by atoms with Crippen LogP contribution in [0.15, 0.2) is 58.7 Å². The summed E-state index contributed by atoms with van der Waals surface area (Å²) in [6, 6.07) is -0.641. The van der Waals surface area contributed by atoms with E-state index in [9.17, 15) is 9.90 Å². The normalized spacial score (nSPS) is 13.9. The minimum Gasteiger partial charge on any atom is -0.498 e. The molecule has 6 heteroatoms. The Hall–Kier alpha value is -2.08. The lowest BCUT2D eigenvalue weighted by Gasteiger charge is -2.20. The van der Waals surface area contributed by atoms with Crippen LogP contribution in [0.25, 0.3) is 0 Å². The van der Waals surface area contributed by atoms with E-state index in [-0.39, 0.29) is 0 Å². The molecule has 0 heterocycles. The van der Waals surface area contributed by atoms with Gasteiger partial charge in [0.15, 0.2) is 0 Å². The summed E-state index contributed by atoms with van der Waals surface area (Å²) in [6.45, 7) is 16.1. The Balaban J connectivity index is 4.57. The summed E-state index contributed by atoms with van der Waals surface area (Å²) in [5.74, 6) is 2.24. The Morgan fingerprint density at radius 3 is 2.11 bits per heavy atom. The van der Waals surface area contributed by atoms with Gasteiger partial charge in [0.05, 0.1) is 18.2 Å². The van der Waals surface area contributed by atoms with Gasteiger partial charge in [0, 0.05) is 24.5 Å². The molecule has 0 rings (SSSR count). The Bertz CT molecular complexity index is 762. The number of rotatable bonds is 21. The predicted octanol–water partition coefficient (Wildman–Crippen LogP) is 7.74. The molecule has 3 N–H and O–H groups in total. The number of carboxylic acids is 1. The van der Waals surface area contributed by atoms with Gasteiger partial charge in [-0.3, -0.25) is 0 Å². The molecular formula is C30H52N2O3S. The fraction of sp³-hybridized carbons (Fsp3) is 0.633. The van der Waals surface area contributed by atoms with Crippen molar-refractivity contribution in [2.45, 2.75) is 99.5 Å². The van der Waals surface area contributed by atoms with Crippen molar-refractivity contribution >= 4 is 17.7 Å². The van der Waals surface area contributed by atoms with Crippen LogP contribution in [0.4, 0.5) is 0 Å². The molecule has 0 aliphatic rings. The highest BCUT2D eigenvalue weighted by molar-refractivity contribution is 7.99. The zero-order valence-corrected chi connectivity index (χ0v) is 24.7. The van der Waals surface area contributed by atoms with Crippen molar-refractivity contribution < 1.29 is 14.6 Å². The van der Waals surface area contributed by atoms with Crippen molar-refractivity contribution in [1.82, 2.24) is 10.6 Å². The third kappa shape index (κ3) is 19.1. The van der Waals surface area contributed by atoms with Crippen LogP contribution < -0.4 is 10.6 Å². The van der Waals surface area contributed by atoms with Crippen LogP contribution in [0, 0.1) is 0 Å². The lowest BCUT2D eigenvalue weighted by Crippen LogP contribution is -2.42. The first-order valence-electron chi connectivity index (χ1n) is 13.5. The zero-order chi connectivity index (χ0) is 27.2. The van der Waals surface area contributed by atoms with Gasteiger partial charge in [-0.1, -0.05) is 48.8 Å². The Morgan fingerprint density at radius 1 is 0.889 bits per heavy atom. The minimum absolute atomic E-state index is 0.505. The number of carbonyl (C=O) groups is 1. The molecule has 0 aliphatic carbocycles. The fourth-order valence-electron chi connectivity index (χ4n) is 3.44. The van der Waals surface area contributed by atoms with Crippen molar-refractivity contribution in [3.05, 3.63) is 58.7 Å². The number of thioether (sulfide) groups is 1. The molecule has 1 atom stereocenters. The molecule has 0 spiro atoms. The van der Waals surface area contributed by atoms with Crippen LogP contribution in [0.3, 0.4) is 0 Å². The number of nitrogens with one attached hydrogen (secondary N) is 2. The van der Waals surface area contributed by atoms with Gasteiger partial charge in [-0.25, -0.2) is 4.79 Å². The van der Waals surface area contributed by atoms with E-state index in [1.807, 2.05) is 19.9 Å². The van der Waals surface area contributed by atoms with Gasteiger partial charge in [-0.2, -0.15) is 11.8 Å². The average Bonchev–Trinajstić information content (AvgIpc) is 2.80. The summed E-state index contributed by atoms with van der Waals surface area (Å²) >= 11 is 1.65. The second-order valence-corrected chi connectivity index (χ2v) is 10.3. The summed E-state index contributed by atoms with van der Waals surface area (Å²) in [7, 11) is 0. The number of hydrogen-bond acceptors (Lipinski definition) is 5. The highest BCUT2D eigenvalue weighted by Gasteiger charge is 2.18. The summed E-state index contributed by atoms with van der Waals surface area (Å²) < 4.78 is 5.66. The van der Waals surface area contributed by atoms with Crippen LogP contribution in [-0.4, -0.2) is 41.8 Å². The predicted molar refractivity (Wildman–Crippen MR) is 158 cm³/mol. The summed E-state index contributed by atoms with van der Waals surface area (Å²) in [6.07, 6.45) is 17.8. The molecule has 0 aromatic carbocycles. The average molecular weight is 521 g/mol. The topological polar surface area (TPSA) is 70.6 Å². The molecule has 0 bridgehead atoms. The summed E-state index contributed by atoms with van der Waals surface area (Å²) in [5.41, 5.74) is 4.18. The van der Waals surface area contributed by atoms with Crippen molar-refractivity contribution in [3.63, 3.8) is 0 Å². The standard InChI is InChI=1S/C30H52N2O3S/c1-8-13-27(35-10-3)19-21-31-29(14-9-2)32-28(30(33)34)23-36-22-20-26(7)18-12-17-25(6)16-11-15-24(4)5/h13-15,17,20,28,31-32H,8-12,16,18-19,21-23H2,1-7H3,(H,33,34)/b25-17+,26-20+,27-13-,29-14+. The Morgan fingerprint density at radius 2 is 1.53 bits per heavy atom. The quantitative estimate of drug-likeness (QED) is 0.0817. The van der Waals surface area contributed by atoms with E-state index in [1.165, 1.54) is 16.7 Å². The lowest BCUT2D eigenvalue weighted by molar-refractivity contribution is -0.138. The maximum absolute atomic E-state index is 11.9. The fourth-order valence-corrected chi connectivity index (χ4v) is 4.44. The lowest BCUT2D eigenvalue weighted by atomic mass is 10.1. The number of carboxylic acid groups (broad SMARTS) is 1. The zero-order valence-electron chi connectivity index (χ0n) is 23.9. The second kappa shape index (κ2) is 22.1. The molecule has 0 aromatic heterocycles. The van der Waals surface area contributed by atoms with Crippen molar-refractivity contribution in [2.24, 2.45) is 0 Å². The maximum atomic E-state index is 11.9. The smallest absolute Gasteiger partial charge is 0.327 e. The van der Waals surface area contributed by atoms with E-state index < -0.39 is 12.0 Å². The number of allylic oxidation sites excluding steroid dienone is 7. The van der Waals surface area contributed by atoms with E-state index in [4.69, 9.17) is 4.74 Å². The van der Waals surface area contributed by atoms with Crippen LogP contribution in [-0.2, 0) is 9.53 Å². The summed E-state index contributed by atoms with van der Waals surface area (Å²) in [5, 5.41) is 16.3. The molecule has 0 saturated carbocycles. The number of hydrogen-bond donors (Lipinski definition) is 3. The van der Waals surface area contributed by atoms with Crippen LogP contribution >= 0.6 is 11.8 Å². The Kier molecular flexibility index (Phi) is 20.9. The minimum atomic E-state index is -0.832. The van der Waals surface area contributed by atoms with Gasteiger partial charge in [0.25, 0.3) is 0 Å². The van der Waals surface area contributed by atoms with Gasteiger partial charge < -0.3 is 20.5 Å². The van der Waals surface area contributed by atoms with Crippen molar-refractivity contribution in [3.8, 4) is 0 Å². The Labute approximate surface area is 225 Å². The molecule has 1 unspecified atom stereocenters. The first-order chi connectivity index (χ1) is 17.2. The second-order valence-electron chi connectivity index (χ2n) is 9.25. The first-order valence-corrected chi connectivity index (χ1v) is 14.7. The molecule has 5 nitrogen and oxygen atoms in total. The molecule has 0 amide bonds. The monoisotopic (exact) mass is 520 g/mol. The van der Waals surface area contributed by atoms with E-state index in [1.54, 1.807) is 11.8 Å². The van der Waals surface area contributed by atoms with Gasteiger partial charge >= 0.3 is 5.97 Å². The van der Waals surface area contributed by atoms with E-state index in [2.05, 4.69) is 69.6 Å². The largest absolute Gasteiger partial charge is 0.498 e. The van der Waals surface area contributed by atoms with E-state index >= 15 is 0 Å².